The summed E-state index contributed by atoms with van der Waals surface area (Å²) in [6.07, 6.45) is 17.1. The summed E-state index contributed by atoms with van der Waals surface area (Å²) >= 11 is 0. The van der Waals surface area contributed by atoms with Crippen LogP contribution in [0.3, 0.4) is 0 Å². The summed E-state index contributed by atoms with van der Waals surface area (Å²) in [6, 6.07) is 72.6. The van der Waals surface area contributed by atoms with E-state index in [1.165, 1.54) is 16.7 Å². The Kier molecular flexibility index (Phi) is 5.37. The molecule has 0 aromatic heterocycles. The zero-order valence-corrected chi connectivity index (χ0v) is 38.7. The number of fused-ring (bicyclic) bond motifs is 5. The Hall–Kier alpha value is -6.76. The molecular weight excluding hydrogens is 841 g/mol. The van der Waals surface area contributed by atoms with Gasteiger partial charge >= 0.3 is 0 Å². The second-order valence-electron chi connectivity index (χ2n) is 24.6. The molecule has 7 aromatic carbocycles. The smallest absolute Gasteiger partial charge is 0.0692 e. The van der Waals surface area contributed by atoms with Crippen molar-refractivity contribution in [1.82, 2.24) is 0 Å². The summed E-state index contributed by atoms with van der Waals surface area (Å²) in [6.45, 7) is 0. The maximum Gasteiger partial charge on any atom is 0.0692 e. The van der Waals surface area contributed by atoms with Crippen LogP contribution < -0.4 is 0 Å². The second-order valence-corrected chi connectivity index (χ2v) is 24.6. The molecule has 18 atom stereocenters. The molecule has 0 heteroatoms. The molecule has 0 nitrogen and oxygen atoms in total. The number of hydrogen-bond donors (Lipinski definition) is 0. The van der Waals surface area contributed by atoms with E-state index in [2.05, 4.69) is 212 Å². The van der Waals surface area contributed by atoms with Gasteiger partial charge in [0.25, 0.3) is 0 Å². The molecule has 0 heterocycles. The molecule has 70 heavy (non-hydrogen) atoms. The van der Waals surface area contributed by atoms with Crippen LogP contribution in [0.2, 0.25) is 0 Å². The Morgan fingerprint density at radius 3 is 1.30 bits per heavy atom. The quantitative estimate of drug-likeness (QED) is 0.151. The van der Waals surface area contributed by atoms with E-state index in [4.69, 9.17) is 0 Å². The van der Waals surface area contributed by atoms with Crippen molar-refractivity contribution in [2.45, 2.75) is 38.9 Å². The van der Waals surface area contributed by atoms with E-state index in [0.717, 1.165) is 0 Å². The van der Waals surface area contributed by atoms with E-state index < -0.39 is 5.41 Å². The Balaban J connectivity index is 1.12. The fourth-order valence-electron chi connectivity index (χ4n) is 23.7. The molecule has 14 aliphatic rings. The molecule has 0 aliphatic heterocycles. The molecular formula is C70H48. The standard InChI is InChI=1S/C70H48/c1-6-16-36(17-7-1)66-51-41-26-28-43-45-30-32-47-49-34-35-50-48-33-31-46-44-29-27-42(41)52(66)54(44)68(38-20-10-3-11-21-38)56(46)58(48)70(40-24-14-5-15-25-40)60(50)59(49)69(39-22-12-4-13-23-39)57(47)55(45)67(53(43)51,37-18-8-2-9-19-37)62-61(66)63(68)65(70)64(62)69/h1-35,41-45,47,51-55,57,63H. The summed E-state index contributed by atoms with van der Waals surface area (Å²) in [5.41, 5.74) is 26.9. The Morgan fingerprint density at radius 2 is 0.714 bits per heavy atom. The number of benzene rings is 7. The van der Waals surface area contributed by atoms with Crippen LogP contribution in [0.4, 0.5) is 0 Å². The van der Waals surface area contributed by atoms with Gasteiger partial charge in [0.05, 0.1) is 10.8 Å². The van der Waals surface area contributed by atoms with Crippen molar-refractivity contribution in [2.24, 2.45) is 65.1 Å². The van der Waals surface area contributed by atoms with Gasteiger partial charge in [0.1, 0.15) is 0 Å². The zero-order chi connectivity index (χ0) is 44.6. The number of allylic oxidation sites excluding steroid dienone is 10. The SMILES string of the molecule is C1=CC2C3C=CC4C5C=CC6c7ccc8c9c7C7(c%10ccccc%10)C%10C%11=C%12C%13=C%10C(c%10ccccc%10)(C4C3C%13(c3ccccc3)C2C2C1c1ccc-8c(c1C%122c1ccccc1)C%119c1ccccc1)C5C67. The van der Waals surface area contributed by atoms with E-state index in [1.54, 1.807) is 61.2 Å². The molecule has 0 spiro atoms. The Morgan fingerprint density at radius 1 is 0.286 bits per heavy atom. The van der Waals surface area contributed by atoms with Crippen LogP contribution in [-0.4, -0.2) is 0 Å². The fourth-order valence-corrected chi connectivity index (χ4v) is 23.7. The minimum absolute atomic E-state index is 0.150. The van der Waals surface area contributed by atoms with Crippen molar-refractivity contribution in [3.63, 3.8) is 0 Å². The zero-order valence-electron chi connectivity index (χ0n) is 38.7. The van der Waals surface area contributed by atoms with Crippen LogP contribution >= 0.6 is 0 Å². The van der Waals surface area contributed by atoms with Gasteiger partial charge in [-0.05, 0) is 154 Å². The van der Waals surface area contributed by atoms with Crippen LogP contribution in [0.25, 0.3) is 11.1 Å². The first kappa shape index (κ1) is 35.4. The molecule has 0 radical (unpaired) electrons. The highest BCUT2D eigenvalue weighted by molar-refractivity contribution is 6.00. The summed E-state index contributed by atoms with van der Waals surface area (Å²) < 4.78 is 0. The maximum atomic E-state index is 2.88. The van der Waals surface area contributed by atoms with Crippen LogP contribution in [0, 0.1) is 65.1 Å². The van der Waals surface area contributed by atoms with Crippen LogP contribution in [0.15, 0.2) is 235 Å². The first-order chi connectivity index (χ1) is 34.8. The highest BCUT2D eigenvalue weighted by Gasteiger charge is 2.90. The largest absolute Gasteiger partial charge is 0.0842 e. The van der Waals surface area contributed by atoms with Crippen molar-refractivity contribution >= 4 is 0 Å². The highest BCUT2D eigenvalue weighted by Crippen LogP contribution is 2.95. The summed E-state index contributed by atoms with van der Waals surface area (Å²) in [4.78, 5) is 0. The highest BCUT2D eigenvalue weighted by atomic mass is 14.9. The van der Waals surface area contributed by atoms with Crippen molar-refractivity contribution in [3.8, 4) is 11.1 Å². The lowest BCUT2D eigenvalue weighted by molar-refractivity contribution is 0.00796. The summed E-state index contributed by atoms with van der Waals surface area (Å²) in [7, 11) is 0. The molecule has 4 saturated carbocycles. The van der Waals surface area contributed by atoms with E-state index in [9.17, 15) is 0 Å². The van der Waals surface area contributed by atoms with Gasteiger partial charge in [-0.25, -0.2) is 0 Å². The molecule has 0 bridgehead atoms. The predicted octanol–water partition coefficient (Wildman–Crippen LogP) is 13.8. The lowest BCUT2D eigenvalue weighted by Crippen LogP contribution is -2.67. The lowest BCUT2D eigenvalue weighted by Gasteiger charge is -2.68. The van der Waals surface area contributed by atoms with Gasteiger partial charge in [0.2, 0.25) is 0 Å². The maximum absolute atomic E-state index is 2.88. The number of rotatable bonds is 5. The van der Waals surface area contributed by atoms with Gasteiger partial charge < -0.3 is 0 Å². The Bertz CT molecular complexity index is 3870. The first-order valence-corrected chi connectivity index (χ1v) is 27.0. The third-order valence-electron chi connectivity index (χ3n) is 24.0. The summed E-state index contributed by atoms with van der Waals surface area (Å²) in [5.74, 6) is 5.29. The van der Waals surface area contributed by atoms with Crippen molar-refractivity contribution < 1.29 is 0 Å². The normalized spacial score (nSPS) is 43.9. The fraction of sp³-hybridized carbons (Fsp3) is 0.257. The van der Waals surface area contributed by atoms with Gasteiger partial charge in [-0.15, -0.1) is 0 Å². The monoisotopic (exact) mass is 888 g/mol. The molecule has 328 valence electrons. The Labute approximate surface area is 408 Å². The van der Waals surface area contributed by atoms with E-state index >= 15 is 0 Å². The molecule has 14 aliphatic carbocycles. The van der Waals surface area contributed by atoms with Gasteiger partial charge in [0, 0.05) is 34.0 Å². The third kappa shape index (κ3) is 2.87. The van der Waals surface area contributed by atoms with Crippen molar-refractivity contribution in [2.75, 3.05) is 0 Å². The van der Waals surface area contributed by atoms with Crippen molar-refractivity contribution in [3.05, 3.63) is 296 Å². The van der Waals surface area contributed by atoms with E-state index in [0.29, 0.717) is 71.0 Å². The van der Waals surface area contributed by atoms with E-state index in [-0.39, 0.29) is 27.6 Å². The lowest BCUT2D eigenvalue weighted by atomic mass is 9.34. The molecule has 7 aromatic rings. The van der Waals surface area contributed by atoms with Gasteiger partial charge in [-0.3, -0.25) is 0 Å². The second kappa shape index (κ2) is 10.6. The molecule has 0 N–H and O–H groups in total. The average Bonchev–Trinajstić information content (AvgIpc) is 4.36. The summed E-state index contributed by atoms with van der Waals surface area (Å²) in [5, 5.41) is 0. The van der Waals surface area contributed by atoms with Gasteiger partial charge in [-0.2, -0.15) is 0 Å². The van der Waals surface area contributed by atoms with Crippen LogP contribution in [0.1, 0.15) is 73.0 Å². The number of hydrogen-bond acceptors (Lipinski definition) is 0. The van der Waals surface area contributed by atoms with E-state index in [1.807, 2.05) is 16.7 Å². The van der Waals surface area contributed by atoms with Crippen molar-refractivity contribution in [1.29, 1.82) is 0 Å². The van der Waals surface area contributed by atoms with Crippen LogP contribution in [0.5, 0.6) is 0 Å². The molecule has 18 unspecified atom stereocenters. The average molecular weight is 889 g/mol. The third-order valence-corrected chi connectivity index (χ3v) is 24.0. The molecule has 4 fully saturated rings. The first-order valence-electron chi connectivity index (χ1n) is 27.0. The van der Waals surface area contributed by atoms with Gasteiger partial charge in [0.15, 0.2) is 0 Å². The predicted molar refractivity (Wildman–Crippen MR) is 274 cm³/mol. The molecule has 0 amide bonds. The van der Waals surface area contributed by atoms with Gasteiger partial charge in [-0.1, -0.05) is 212 Å². The van der Waals surface area contributed by atoms with Crippen LogP contribution in [-0.2, 0) is 27.1 Å². The molecule has 21 rings (SSSR count). The molecule has 0 saturated heterocycles. The minimum atomic E-state index is -0.432. The minimum Gasteiger partial charge on any atom is -0.0842 e. The topological polar surface area (TPSA) is 0 Å².